The summed E-state index contributed by atoms with van der Waals surface area (Å²) < 4.78 is 38.8. The summed E-state index contributed by atoms with van der Waals surface area (Å²) in [6.07, 6.45) is -3.70. The molecule has 1 aromatic heterocycles. The maximum atomic E-state index is 13.1. The first kappa shape index (κ1) is 19.1. The maximum absolute atomic E-state index is 13.1. The molecule has 0 saturated heterocycles. The summed E-state index contributed by atoms with van der Waals surface area (Å²) in [5.74, 6) is -0.166. The monoisotopic (exact) mass is 401 g/mol. The van der Waals surface area contributed by atoms with Gasteiger partial charge in [-0.1, -0.05) is 30.3 Å². The van der Waals surface area contributed by atoms with E-state index in [0.717, 1.165) is 34.6 Å². The summed E-state index contributed by atoms with van der Waals surface area (Å²) in [6.45, 7) is 3.61. The van der Waals surface area contributed by atoms with E-state index in [2.05, 4.69) is 15.4 Å². The Balaban J connectivity index is 1.59. The Kier molecular flexibility index (Phi) is 4.60. The number of nitrogens with zero attached hydrogens (tertiary/aromatic N) is 5. The third-order valence-electron chi connectivity index (χ3n) is 5.02. The zero-order chi connectivity index (χ0) is 20.8. The molecule has 0 fully saturated rings. The van der Waals surface area contributed by atoms with Gasteiger partial charge in [0.2, 0.25) is 5.82 Å². The standard InChI is InChI=1S/C20H18F3N5O/c1-12-10-14-6-3-4-9-17(14)27(12)19(29)13(2)28-25-18(24-26-28)15-7-5-8-16(11-15)20(21,22)23/h3-9,11-13H,10H2,1-2H3. The van der Waals surface area contributed by atoms with Crippen LogP contribution >= 0.6 is 0 Å². The molecular weight excluding hydrogens is 383 g/mol. The Hall–Kier alpha value is -3.23. The molecule has 9 heteroatoms. The van der Waals surface area contributed by atoms with Crippen molar-refractivity contribution in [2.75, 3.05) is 4.90 Å². The number of anilines is 1. The van der Waals surface area contributed by atoms with E-state index in [-0.39, 0.29) is 23.3 Å². The molecule has 2 aromatic carbocycles. The highest BCUT2D eigenvalue weighted by atomic mass is 19.4. The number of halogens is 3. The number of carbonyl (C=O) groups is 1. The number of amides is 1. The van der Waals surface area contributed by atoms with E-state index in [1.54, 1.807) is 11.8 Å². The van der Waals surface area contributed by atoms with E-state index in [1.807, 2.05) is 31.2 Å². The summed E-state index contributed by atoms with van der Waals surface area (Å²) in [6, 6.07) is 11.6. The fourth-order valence-electron chi connectivity index (χ4n) is 3.54. The topological polar surface area (TPSA) is 63.9 Å². The van der Waals surface area contributed by atoms with Gasteiger partial charge >= 0.3 is 6.18 Å². The number of fused-ring (bicyclic) bond motifs is 1. The molecule has 1 aliphatic rings. The van der Waals surface area contributed by atoms with Crippen LogP contribution in [0, 0.1) is 0 Å². The van der Waals surface area contributed by atoms with E-state index in [9.17, 15) is 18.0 Å². The molecule has 0 aliphatic carbocycles. The molecule has 150 valence electrons. The summed E-state index contributed by atoms with van der Waals surface area (Å²) in [7, 11) is 0. The number of para-hydroxylation sites is 1. The van der Waals surface area contributed by atoms with Crippen molar-refractivity contribution in [1.82, 2.24) is 20.2 Å². The minimum absolute atomic E-state index is 0.00573. The normalized spacial score (nSPS) is 17.3. The van der Waals surface area contributed by atoms with Crippen molar-refractivity contribution in [2.24, 2.45) is 0 Å². The third kappa shape index (κ3) is 3.48. The lowest BCUT2D eigenvalue weighted by molar-refractivity contribution is -0.137. The fourth-order valence-corrected chi connectivity index (χ4v) is 3.54. The lowest BCUT2D eigenvalue weighted by atomic mass is 10.1. The summed E-state index contributed by atoms with van der Waals surface area (Å²) in [5, 5.41) is 11.9. The molecule has 0 radical (unpaired) electrons. The van der Waals surface area contributed by atoms with Crippen LogP contribution in [0.3, 0.4) is 0 Å². The molecule has 1 amide bonds. The first-order chi connectivity index (χ1) is 13.8. The van der Waals surface area contributed by atoms with E-state index in [1.165, 1.54) is 12.1 Å². The lowest BCUT2D eigenvalue weighted by Crippen LogP contribution is -2.40. The molecule has 0 spiro atoms. The summed E-state index contributed by atoms with van der Waals surface area (Å²) in [4.78, 5) is 16.0. The first-order valence-electron chi connectivity index (χ1n) is 9.14. The Morgan fingerprint density at radius 1 is 1.17 bits per heavy atom. The van der Waals surface area contributed by atoms with Gasteiger partial charge < -0.3 is 4.90 Å². The zero-order valence-electron chi connectivity index (χ0n) is 15.8. The summed E-state index contributed by atoms with van der Waals surface area (Å²) in [5.41, 5.74) is 1.34. The molecular formula is C20H18F3N5O. The Bertz CT molecular complexity index is 1060. The van der Waals surface area contributed by atoms with Crippen LogP contribution in [0.4, 0.5) is 18.9 Å². The van der Waals surface area contributed by atoms with Crippen LogP contribution in [0.1, 0.15) is 31.0 Å². The highest BCUT2D eigenvalue weighted by Gasteiger charge is 2.35. The highest BCUT2D eigenvalue weighted by molar-refractivity contribution is 5.98. The molecule has 0 saturated carbocycles. The Morgan fingerprint density at radius 2 is 1.93 bits per heavy atom. The van der Waals surface area contributed by atoms with E-state index >= 15 is 0 Å². The van der Waals surface area contributed by atoms with Gasteiger partial charge in [-0.15, -0.1) is 10.2 Å². The van der Waals surface area contributed by atoms with Crippen molar-refractivity contribution in [3.05, 3.63) is 59.7 Å². The van der Waals surface area contributed by atoms with Gasteiger partial charge in [0.05, 0.1) is 5.56 Å². The number of aromatic nitrogens is 4. The van der Waals surface area contributed by atoms with Gasteiger partial charge in [0.15, 0.2) is 0 Å². The number of carbonyl (C=O) groups excluding carboxylic acids is 1. The predicted molar refractivity (Wildman–Crippen MR) is 100 cm³/mol. The molecule has 0 bridgehead atoms. The first-order valence-corrected chi connectivity index (χ1v) is 9.14. The Labute approximate surface area is 164 Å². The van der Waals surface area contributed by atoms with E-state index in [4.69, 9.17) is 0 Å². The van der Waals surface area contributed by atoms with Gasteiger partial charge in [-0.2, -0.15) is 18.0 Å². The SMILES string of the molecule is CC1Cc2ccccc2N1C(=O)C(C)n1nnc(-c2cccc(C(F)(F)F)c2)n1. The molecule has 3 aromatic rings. The molecule has 6 nitrogen and oxygen atoms in total. The number of hydrogen-bond acceptors (Lipinski definition) is 4. The molecule has 29 heavy (non-hydrogen) atoms. The quantitative estimate of drug-likeness (QED) is 0.668. The predicted octanol–water partition coefficient (Wildman–Crippen LogP) is 3.90. The second-order valence-corrected chi connectivity index (χ2v) is 7.08. The van der Waals surface area contributed by atoms with Crippen molar-refractivity contribution in [1.29, 1.82) is 0 Å². The number of alkyl halides is 3. The van der Waals surface area contributed by atoms with Crippen LogP contribution in [0.2, 0.25) is 0 Å². The second-order valence-electron chi connectivity index (χ2n) is 7.08. The van der Waals surface area contributed by atoms with Crippen LogP contribution in [-0.2, 0) is 17.4 Å². The minimum atomic E-state index is -4.46. The lowest BCUT2D eigenvalue weighted by Gasteiger charge is -2.25. The maximum Gasteiger partial charge on any atom is 0.416 e. The Morgan fingerprint density at radius 3 is 2.69 bits per heavy atom. The van der Waals surface area contributed by atoms with Crippen LogP contribution in [-0.4, -0.2) is 32.2 Å². The third-order valence-corrected chi connectivity index (χ3v) is 5.02. The zero-order valence-corrected chi connectivity index (χ0v) is 15.8. The van der Waals surface area contributed by atoms with Gasteiger partial charge in [-0.05, 0) is 49.2 Å². The average molecular weight is 401 g/mol. The molecule has 2 unspecified atom stereocenters. The minimum Gasteiger partial charge on any atom is -0.307 e. The van der Waals surface area contributed by atoms with Gasteiger partial charge in [0.25, 0.3) is 5.91 Å². The van der Waals surface area contributed by atoms with E-state index < -0.39 is 17.8 Å². The highest BCUT2D eigenvalue weighted by Crippen LogP contribution is 2.34. The van der Waals surface area contributed by atoms with Crippen LogP contribution in [0.25, 0.3) is 11.4 Å². The fraction of sp³-hybridized carbons (Fsp3) is 0.300. The van der Waals surface area contributed by atoms with Crippen molar-refractivity contribution in [3.8, 4) is 11.4 Å². The molecule has 2 heterocycles. The van der Waals surface area contributed by atoms with Crippen molar-refractivity contribution >= 4 is 11.6 Å². The van der Waals surface area contributed by atoms with Crippen molar-refractivity contribution in [2.45, 2.75) is 38.5 Å². The molecule has 0 N–H and O–H groups in total. The van der Waals surface area contributed by atoms with Gasteiger partial charge in [0.1, 0.15) is 6.04 Å². The van der Waals surface area contributed by atoms with Gasteiger partial charge in [-0.3, -0.25) is 4.79 Å². The number of rotatable bonds is 3. The van der Waals surface area contributed by atoms with Crippen molar-refractivity contribution < 1.29 is 18.0 Å². The van der Waals surface area contributed by atoms with Gasteiger partial charge in [0, 0.05) is 17.3 Å². The number of benzene rings is 2. The van der Waals surface area contributed by atoms with Gasteiger partial charge in [-0.25, -0.2) is 0 Å². The van der Waals surface area contributed by atoms with E-state index in [0.29, 0.717) is 0 Å². The number of tetrazole rings is 1. The second kappa shape index (κ2) is 6.98. The van der Waals surface area contributed by atoms with Crippen LogP contribution in [0.5, 0.6) is 0 Å². The molecule has 2 atom stereocenters. The smallest absolute Gasteiger partial charge is 0.307 e. The van der Waals surface area contributed by atoms with Crippen molar-refractivity contribution in [3.63, 3.8) is 0 Å². The molecule has 1 aliphatic heterocycles. The summed E-state index contributed by atoms with van der Waals surface area (Å²) >= 11 is 0. The molecule has 4 rings (SSSR count). The average Bonchev–Trinajstić information content (AvgIpc) is 3.30. The van der Waals surface area contributed by atoms with Crippen LogP contribution < -0.4 is 4.90 Å². The largest absolute Gasteiger partial charge is 0.416 e. The van der Waals surface area contributed by atoms with Crippen LogP contribution in [0.15, 0.2) is 48.5 Å². The number of hydrogen-bond donors (Lipinski definition) is 0.